The van der Waals surface area contributed by atoms with Gasteiger partial charge in [0.1, 0.15) is 41.3 Å². The zero-order chi connectivity index (χ0) is 40.7. The second-order valence-corrected chi connectivity index (χ2v) is 19.7. The van der Waals surface area contributed by atoms with Gasteiger partial charge in [0.15, 0.2) is 0 Å². The third-order valence-corrected chi connectivity index (χ3v) is 15.4. The highest BCUT2D eigenvalue weighted by atomic mass is 32.2. The van der Waals surface area contributed by atoms with Crippen molar-refractivity contribution in [1.82, 2.24) is 30.2 Å². The van der Waals surface area contributed by atoms with Crippen LogP contribution in [0.5, 0.6) is 11.6 Å². The van der Waals surface area contributed by atoms with E-state index < -0.39 is 68.2 Å². The summed E-state index contributed by atoms with van der Waals surface area (Å²) in [4.78, 5) is 68.1. The van der Waals surface area contributed by atoms with Crippen LogP contribution in [0.25, 0.3) is 11.0 Å². The van der Waals surface area contributed by atoms with Gasteiger partial charge in [-0.1, -0.05) is 37.8 Å². The summed E-state index contributed by atoms with van der Waals surface area (Å²) in [6, 6.07) is 3.41. The number of aromatic nitrogens is 2. The van der Waals surface area contributed by atoms with Crippen molar-refractivity contribution in [3.05, 3.63) is 36.0 Å². The molecule has 1 unspecified atom stereocenters. The van der Waals surface area contributed by atoms with Crippen LogP contribution in [0.4, 0.5) is 4.79 Å². The van der Waals surface area contributed by atoms with Gasteiger partial charge in [-0.15, -0.1) is 0 Å². The van der Waals surface area contributed by atoms with Crippen LogP contribution in [0.1, 0.15) is 115 Å². The lowest BCUT2D eigenvalue weighted by Gasteiger charge is -2.30. The van der Waals surface area contributed by atoms with Crippen LogP contribution in [-0.4, -0.2) is 95.3 Å². The van der Waals surface area contributed by atoms with Gasteiger partial charge in [-0.2, -0.15) is 0 Å². The highest BCUT2D eigenvalue weighted by Crippen LogP contribution is 2.47. The van der Waals surface area contributed by atoms with Crippen molar-refractivity contribution in [2.75, 3.05) is 13.7 Å². The quantitative estimate of drug-likeness (QED) is 0.360. The van der Waals surface area contributed by atoms with E-state index >= 15 is 0 Å². The molecule has 0 spiro atoms. The van der Waals surface area contributed by atoms with Crippen molar-refractivity contribution in [3.63, 3.8) is 0 Å². The minimum Gasteiger partial charge on any atom is -0.497 e. The van der Waals surface area contributed by atoms with E-state index in [9.17, 15) is 27.6 Å². The van der Waals surface area contributed by atoms with E-state index in [-0.39, 0.29) is 31.4 Å². The molecule has 4 fully saturated rings. The van der Waals surface area contributed by atoms with Crippen molar-refractivity contribution in [2.45, 2.75) is 151 Å². The van der Waals surface area contributed by atoms with E-state index in [0.717, 1.165) is 57.8 Å². The number of nitrogens with one attached hydrogen (secondary N) is 3. The molecule has 3 aliphatic heterocycles. The molecular weight excluding hydrogens is 765 g/mol. The number of fused-ring (bicyclic) bond motifs is 6. The number of methoxy groups -OCH3 is 1. The van der Waals surface area contributed by atoms with Gasteiger partial charge >= 0.3 is 6.09 Å². The molecule has 6 aliphatic rings. The second-order valence-electron chi connectivity index (χ2n) is 17.5. The predicted octanol–water partition coefficient (Wildman–Crippen LogP) is 4.76. The average Bonchev–Trinajstić information content (AvgIpc) is 4.00. The first-order valence-electron chi connectivity index (χ1n) is 21.2. The maximum Gasteiger partial charge on any atom is 0.408 e. The molecular formula is C42H56N6O9S. The summed E-state index contributed by atoms with van der Waals surface area (Å²) < 4.78 is 45.8. The Morgan fingerprint density at radius 2 is 1.76 bits per heavy atom. The van der Waals surface area contributed by atoms with Crippen LogP contribution in [0.2, 0.25) is 0 Å². The van der Waals surface area contributed by atoms with Crippen LogP contribution < -0.4 is 24.8 Å². The van der Waals surface area contributed by atoms with Gasteiger partial charge in [-0.3, -0.25) is 19.1 Å². The summed E-state index contributed by atoms with van der Waals surface area (Å²) >= 11 is 0. The number of benzene rings is 1. The van der Waals surface area contributed by atoms with Gasteiger partial charge in [0, 0.05) is 18.4 Å². The molecule has 7 atom stereocenters. The molecule has 0 radical (unpaired) electrons. The number of nitrogens with zero attached hydrogens (tertiary/aromatic N) is 3. The predicted molar refractivity (Wildman–Crippen MR) is 213 cm³/mol. The lowest BCUT2D eigenvalue weighted by molar-refractivity contribution is -0.141. The van der Waals surface area contributed by atoms with E-state index in [4.69, 9.17) is 24.2 Å². The van der Waals surface area contributed by atoms with Crippen molar-refractivity contribution in [3.8, 4) is 11.6 Å². The fourth-order valence-corrected chi connectivity index (χ4v) is 10.5. The number of ether oxygens (including phenoxy) is 3. The summed E-state index contributed by atoms with van der Waals surface area (Å²) in [7, 11) is -2.41. The van der Waals surface area contributed by atoms with Gasteiger partial charge in [0.2, 0.25) is 27.7 Å². The number of amides is 4. The Bertz CT molecular complexity index is 2070. The normalized spacial score (nSPS) is 32.2. The lowest BCUT2D eigenvalue weighted by Crippen LogP contribution is -2.58. The highest BCUT2D eigenvalue weighted by Gasteiger charge is 2.63. The molecule has 3 saturated carbocycles. The largest absolute Gasteiger partial charge is 0.497 e. The molecule has 3 aliphatic carbocycles. The maximum absolute atomic E-state index is 14.7. The number of carbonyl (C=O) groups excluding carboxylic acids is 4. The summed E-state index contributed by atoms with van der Waals surface area (Å²) in [6.07, 6.45) is 13.7. The van der Waals surface area contributed by atoms with Crippen molar-refractivity contribution in [2.24, 2.45) is 11.8 Å². The molecule has 1 saturated heterocycles. The Balaban J connectivity index is 1.14. The van der Waals surface area contributed by atoms with Crippen LogP contribution >= 0.6 is 0 Å². The fraction of sp³-hybridized carbons (Fsp3) is 0.667. The van der Waals surface area contributed by atoms with Crippen LogP contribution in [0, 0.1) is 11.8 Å². The fourth-order valence-electron chi connectivity index (χ4n) is 9.22. The van der Waals surface area contributed by atoms with E-state index in [2.05, 4.69) is 15.4 Å². The number of hydrogen-bond donors (Lipinski definition) is 3. The number of rotatable bonds is 4. The molecule has 2 aromatic rings. The first kappa shape index (κ1) is 40.3. The van der Waals surface area contributed by atoms with E-state index in [1.165, 1.54) is 4.90 Å². The number of alkyl carbamates (subject to hydrolysis) is 1. The molecule has 314 valence electrons. The maximum atomic E-state index is 14.7. The molecule has 8 rings (SSSR count). The Kier molecular flexibility index (Phi) is 11.3. The number of carbonyl (C=O) groups is 4. The SMILES string of the molecule is COc1ccc2nc3c(nc2c1)O[C@@H]1C[C@H]2C(=O)N[C@]4(C(=O)NS(=O)(=O)C5(C)CC5)CC4/C=C\CCCCC[C@H](NC(=O)O[C@@H]4CCC[C@H]4CCCCC3)C(=O)N2C1. The number of hydrogen-bond acceptors (Lipinski definition) is 11. The zero-order valence-corrected chi connectivity index (χ0v) is 34.3. The van der Waals surface area contributed by atoms with E-state index in [1.807, 2.05) is 24.3 Å². The third kappa shape index (κ3) is 8.35. The summed E-state index contributed by atoms with van der Waals surface area (Å²) in [6.45, 7) is 1.60. The van der Waals surface area contributed by atoms with Gasteiger partial charge in [0.05, 0.1) is 29.4 Å². The monoisotopic (exact) mass is 820 g/mol. The van der Waals surface area contributed by atoms with Crippen molar-refractivity contribution >= 4 is 44.9 Å². The van der Waals surface area contributed by atoms with Gasteiger partial charge in [-0.05, 0) is 102 Å². The molecule has 3 bridgehead atoms. The highest BCUT2D eigenvalue weighted by molar-refractivity contribution is 7.91. The number of sulfonamides is 1. The minimum absolute atomic E-state index is 0.00137. The molecule has 4 heterocycles. The molecule has 1 aromatic heterocycles. The molecule has 1 aromatic carbocycles. The first-order chi connectivity index (χ1) is 27.9. The summed E-state index contributed by atoms with van der Waals surface area (Å²) in [5.74, 6) is -1.10. The Hall–Kier alpha value is -4.47. The Morgan fingerprint density at radius 1 is 0.966 bits per heavy atom. The third-order valence-electron chi connectivity index (χ3n) is 13.3. The Morgan fingerprint density at radius 3 is 2.57 bits per heavy atom. The van der Waals surface area contributed by atoms with Crippen LogP contribution in [-0.2, 0) is 35.6 Å². The molecule has 16 heteroatoms. The lowest BCUT2D eigenvalue weighted by atomic mass is 9.97. The Labute approximate surface area is 339 Å². The van der Waals surface area contributed by atoms with E-state index in [1.54, 1.807) is 20.1 Å². The van der Waals surface area contributed by atoms with Gasteiger partial charge < -0.3 is 29.7 Å². The second kappa shape index (κ2) is 16.3. The molecule has 3 N–H and O–H groups in total. The average molecular weight is 821 g/mol. The summed E-state index contributed by atoms with van der Waals surface area (Å²) in [5, 5.41) is 5.82. The number of aryl methyl sites for hydroxylation is 1. The standard InChI is InChI=1S/C42H56N6O9S/c1-41(20-21-41)58(53,54)47-39(51)42-24-27(42)14-8-4-3-5-9-16-32-38(50)48-25-29(23-34(48)36(49)46-42)56-37-31(43-30-19-18-28(55-2)22-33(30)44-37)15-10-6-7-12-26-13-11-17-35(26)57-40(52)45-32/h8,14,18-19,22,26-27,29,32,34-35H,3-7,9-13,15-17,20-21,23-25H2,1-2H3,(H,45,52)(H,46,49)(H,47,51)/b14-8-/t26-,27?,29-,32+,34+,35-,42-/m1/s1. The smallest absolute Gasteiger partial charge is 0.408 e. The first-order valence-corrected chi connectivity index (χ1v) is 22.7. The van der Waals surface area contributed by atoms with Gasteiger partial charge in [0.25, 0.3) is 5.91 Å². The zero-order valence-electron chi connectivity index (χ0n) is 33.5. The van der Waals surface area contributed by atoms with Crippen LogP contribution in [0.15, 0.2) is 30.4 Å². The molecule has 4 amide bonds. The number of allylic oxidation sites excluding steroid dienone is 1. The minimum atomic E-state index is -3.99. The van der Waals surface area contributed by atoms with Crippen molar-refractivity contribution in [1.29, 1.82) is 0 Å². The van der Waals surface area contributed by atoms with Gasteiger partial charge in [-0.25, -0.2) is 23.2 Å². The molecule has 58 heavy (non-hydrogen) atoms. The van der Waals surface area contributed by atoms with Crippen LogP contribution in [0.3, 0.4) is 0 Å². The topological polar surface area (TPSA) is 195 Å². The van der Waals surface area contributed by atoms with E-state index in [0.29, 0.717) is 66.9 Å². The summed E-state index contributed by atoms with van der Waals surface area (Å²) in [5.41, 5.74) is 0.437. The van der Waals surface area contributed by atoms with Crippen molar-refractivity contribution < 1.29 is 41.8 Å². The molecule has 15 nitrogen and oxygen atoms in total.